The minimum atomic E-state index is -0.917. The van der Waals surface area contributed by atoms with Gasteiger partial charge in [0.15, 0.2) is 0 Å². The molecule has 4 heteroatoms. The van der Waals surface area contributed by atoms with Crippen LogP contribution in [0.3, 0.4) is 0 Å². The van der Waals surface area contributed by atoms with Crippen molar-refractivity contribution in [2.45, 2.75) is 0 Å². The van der Waals surface area contributed by atoms with E-state index >= 15 is 0 Å². The van der Waals surface area contributed by atoms with Gasteiger partial charge in [-0.2, -0.15) is 0 Å². The van der Waals surface area contributed by atoms with Gasteiger partial charge in [0.05, 0.1) is 17.4 Å². The minimum absolute atomic E-state index is 0. The van der Waals surface area contributed by atoms with Crippen molar-refractivity contribution in [3.05, 3.63) is 0 Å². The number of hydrogen-bond donors (Lipinski definition) is 2. The van der Waals surface area contributed by atoms with E-state index in [9.17, 15) is 0 Å². The summed E-state index contributed by atoms with van der Waals surface area (Å²) in [5.74, 6) is 0. The normalized spacial score (nSPS) is 4.50. The van der Waals surface area contributed by atoms with Crippen LogP contribution >= 0.6 is 9.03 Å². The molecule has 0 rings (SSSR count). The van der Waals surface area contributed by atoms with Gasteiger partial charge in [0, 0.05) is 0 Å². The molecule has 24 valence electrons. The molecule has 0 aliphatic rings. The fraction of sp³-hybridized carbons (Fsp3) is 0. The molecule has 2 radical (unpaired) electrons. The van der Waals surface area contributed by atoms with Gasteiger partial charge in [0.2, 0.25) is 0 Å². The molecule has 0 aliphatic heterocycles. The molecule has 0 fully saturated rings. The van der Waals surface area contributed by atoms with E-state index in [4.69, 9.17) is 9.79 Å². The molecule has 0 amide bonds. The van der Waals surface area contributed by atoms with Gasteiger partial charge in [0.25, 0.3) is 0 Å². The molecule has 2 nitrogen and oxygen atoms in total. The Labute approximate surface area is 36.9 Å². The highest BCUT2D eigenvalue weighted by molar-refractivity contribution is 7.23. The Morgan fingerprint density at radius 2 is 1.25 bits per heavy atom. The predicted octanol–water partition coefficient (Wildman–Crippen LogP) is -1.17. The molecule has 0 saturated heterocycles. The van der Waals surface area contributed by atoms with Crippen LogP contribution in [-0.2, 0) is 0 Å². The second-order valence-corrected chi connectivity index (χ2v) is 0.300. The monoisotopic (exact) mass is 94.0 g/mol. The van der Waals surface area contributed by atoms with E-state index in [1.54, 1.807) is 0 Å². The summed E-state index contributed by atoms with van der Waals surface area (Å²) >= 11 is 0. The molecular formula is H4AlO2P. The maximum atomic E-state index is 7.15. The zero-order valence-corrected chi connectivity index (χ0v) is 4.52. The quantitative estimate of drug-likeness (QED) is 0.293. The van der Waals surface area contributed by atoms with Crippen molar-refractivity contribution in [2.75, 3.05) is 0 Å². The van der Waals surface area contributed by atoms with Crippen molar-refractivity contribution >= 4 is 26.4 Å². The third kappa shape index (κ3) is 13.1. The Morgan fingerprint density at radius 1 is 1.25 bits per heavy atom. The van der Waals surface area contributed by atoms with E-state index in [-0.39, 0.29) is 17.4 Å². The van der Waals surface area contributed by atoms with E-state index in [2.05, 4.69) is 0 Å². The first-order chi connectivity index (χ1) is 1.41. The van der Waals surface area contributed by atoms with Crippen molar-refractivity contribution in [1.82, 2.24) is 0 Å². The lowest BCUT2D eigenvalue weighted by atomic mass is 15.9. The first-order valence-electron chi connectivity index (χ1n) is 0.447. The van der Waals surface area contributed by atoms with Crippen molar-refractivity contribution in [3.63, 3.8) is 0 Å². The van der Waals surface area contributed by atoms with Crippen molar-refractivity contribution < 1.29 is 9.79 Å². The maximum Gasteiger partial charge on any atom is 0.149 e. The molecule has 0 aliphatic carbocycles. The lowest BCUT2D eigenvalue weighted by Gasteiger charge is -1.54. The molecule has 0 atom stereocenters. The number of rotatable bonds is 0. The van der Waals surface area contributed by atoms with Crippen molar-refractivity contribution in [3.8, 4) is 0 Å². The van der Waals surface area contributed by atoms with Crippen LogP contribution in [0.2, 0.25) is 0 Å². The lowest BCUT2D eigenvalue weighted by molar-refractivity contribution is 0.513. The van der Waals surface area contributed by atoms with Crippen LogP contribution < -0.4 is 0 Å². The molecule has 0 aromatic heterocycles. The molecule has 0 aromatic carbocycles. The van der Waals surface area contributed by atoms with Crippen LogP contribution in [0.4, 0.5) is 0 Å². The van der Waals surface area contributed by atoms with Crippen LogP contribution in [0.25, 0.3) is 0 Å². The molecule has 2 N–H and O–H groups in total. The summed E-state index contributed by atoms with van der Waals surface area (Å²) in [4.78, 5) is 14.3. The standard InChI is InChI=1S/Al.H3O2P.H/c;1-3-2;/h;1-3H;. The van der Waals surface area contributed by atoms with Crippen LogP contribution in [0.5, 0.6) is 0 Å². The highest BCUT2D eigenvalue weighted by Gasteiger charge is 1.34. The smallest absolute Gasteiger partial charge is 0.149 e. The van der Waals surface area contributed by atoms with Crippen molar-refractivity contribution in [1.29, 1.82) is 0 Å². The van der Waals surface area contributed by atoms with Crippen LogP contribution in [0.1, 0.15) is 0 Å². The second kappa shape index (κ2) is 9.10. The summed E-state index contributed by atoms with van der Waals surface area (Å²) in [7, 11) is -0.917. The van der Waals surface area contributed by atoms with Crippen molar-refractivity contribution in [2.24, 2.45) is 0 Å². The summed E-state index contributed by atoms with van der Waals surface area (Å²) in [5, 5.41) is 0. The van der Waals surface area contributed by atoms with Gasteiger partial charge in [-0.25, -0.2) is 0 Å². The molecule has 0 bridgehead atoms. The molecule has 4 heavy (non-hydrogen) atoms. The highest BCUT2D eigenvalue weighted by atomic mass is 31.1. The Morgan fingerprint density at radius 3 is 1.25 bits per heavy atom. The Bertz CT molecular complexity index is 6.00. The summed E-state index contributed by atoms with van der Waals surface area (Å²) in [6.07, 6.45) is 0. The molecule has 0 heterocycles. The topological polar surface area (TPSA) is 40.5 Å². The Balaban J connectivity index is 0. The van der Waals surface area contributed by atoms with Gasteiger partial charge in [-0.15, -0.1) is 0 Å². The van der Waals surface area contributed by atoms with Crippen LogP contribution in [0, 0.1) is 0 Å². The molecule has 0 spiro atoms. The zero-order chi connectivity index (χ0) is 2.71. The molecule has 0 unspecified atom stereocenters. The fourth-order valence-corrected chi connectivity index (χ4v) is 0. The Hall–Kier alpha value is 0.882. The molecule has 0 saturated carbocycles. The summed E-state index contributed by atoms with van der Waals surface area (Å²) in [6.45, 7) is 0. The maximum absolute atomic E-state index is 7.15. The number of hydrogen-bond acceptors (Lipinski definition) is 2. The molecular weight excluding hydrogens is 90.0 g/mol. The van der Waals surface area contributed by atoms with Gasteiger partial charge in [-0.05, 0) is 0 Å². The highest BCUT2D eigenvalue weighted by Crippen LogP contribution is 1.81. The third-order valence-electron chi connectivity index (χ3n) is 0. The minimum Gasteiger partial charge on any atom is -0.352 e. The van der Waals surface area contributed by atoms with Crippen LogP contribution in [-0.4, -0.2) is 27.1 Å². The van der Waals surface area contributed by atoms with Crippen LogP contribution in [0.15, 0.2) is 0 Å². The van der Waals surface area contributed by atoms with E-state index in [1.165, 1.54) is 0 Å². The lowest BCUT2D eigenvalue weighted by Crippen LogP contribution is -1.24. The van der Waals surface area contributed by atoms with Gasteiger partial charge >= 0.3 is 0 Å². The van der Waals surface area contributed by atoms with E-state index in [0.29, 0.717) is 0 Å². The zero-order valence-electron chi connectivity index (χ0n) is 2.10. The van der Waals surface area contributed by atoms with E-state index in [0.717, 1.165) is 0 Å². The van der Waals surface area contributed by atoms with Gasteiger partial charge < -0.3 is 9.79 Å². The summed E-state index contributed by atoms with van der Waals surface area (Å²) < 4.78 is 0. The first kappa shape index (κ1) is 8.86. The second-order valence-electron chi connectivity index (χ2n) is 0.100. The molecule has 0 aromatic rings. The average Bonchev–Trinajstić information content (AvgIpc) is 0.918. The summed E-state index contributed by atoms with van der Waals surface area (Å²) in [5.41, 5.74) is 0. The SMILES string of the molecule is OPO.[AlH]. The average molecular weight is 94.0 g/mol. The van der Waals surface area contributed by atoms with E-state index in [1.807, 2.05) is 0 Å². The fourth-order valence-electron chi connectivity index (χ4n) is 0. The Kier molecular flexibility index (Phi) is 20.2. The third-order valence-corrected chi connectivity index (χ3v) is 0. The van der Waals surface area contributed by atoms with Gasteiger partial charge in [-0.3, -0.25) is 0 Å². The summed E-state index contributed by atoms with van der Waals surface area (Å²) in [6, 6.07) is 0. The van der Waals surface area contributed by atoms with Gasteiger partial charge in [-0.1, -0.05) is 0 Å². The largest absolute Gasteiger partial charge is 0.352 e. The first-order valence-corrected chi connectivity index (χ1v) is 1.34. The van der Waals surface area contributed by atoms with E-state index < -0.39 is 9.03 Å². The predicted molar refractivity (Wildman–Crippen MR) is 19.9 cm³/mol. The van der Waals surface area contributed by atoms with Gasteiger partial charge in [0.1, 0.15) is 9.03 Å².